The Kier molecular flexibility index (Phi) is 5.78. The number of hydrogen-bond donors (Lipinski definition) is 1. The maximum absolute atomic E-state index is 12.4. The van der Waals surface area contributed by atoms with Crippen LogP contribution >= 0.6 is 11.3 Å². The van der Waals surface area contributed by atoms with E-state index in [4.69, 9.17) is 5.11 Å². The second kappa shape index (κ2) is 6.65. The van der Waals surface area contributed by atoms with E-state index < -0.39 is 10.0 Å². The Morgan fingerprint density at radius 3 is 2.56 bits per heavy atom. The molecule has 1 unspecified atom stereocenters. The molecule has 1 atom stereocenters. The van der Waals surface area contributed by atoms with Crippen LogP contribution in [0.4, 0.5) is 0 Å². The van der Waals surface area contributed by atoms with E-state index >= 15 is 0 Å². The minimum atomic E-state index is -3.40. The minimum absolute atomic E-state index is 0.122. The molecule has 1 aromatic heterocycles. The van der Waals surface area contributed by atoms with Crippen molar-refractivity contribution in [1.29, 1.82) is 0 Å². The molecular formula is C12H21NO3S2. The molecule has 0 aliphatic carbocycles. The lowest BCUT2D eigenvalue weighted by atomic mass is 10.1. The van der Waals surface area contributed by atoms with Crippen molar-refractivity contribution in [2.24, 2.45) is 5.92 Å². The third-order valence-electron chi connectivity index (χ3n) is 2.97. The molecule has 6 heteroatoms. The molecule has 0 bridgehead atoms. The van der Waals surface area contributed by atoms with Crippen LogP contribution in [0.25, 0.3) is 0 Å². The summed E-state index contributed by atoms with van der Waals surface area (Å²) in [5.41, 5.74) is 0.651. The molecule has 0 spiro atoms. The van der Waals surface area contributed by atoms with Crippen molar-refractivity contribution < 1.29 is 13.5 Å². The Morgan fingerprint density at radius 1 is 1.44 bits per heavy atom. The molecule has 18 heavy (non-hydrogen) atoms. The lowest BCUT2D eigenvalue weighted by Crippen LogP contribution is -2.34. The van der Waals surface area contributed by atoms with Gasteiger partial charge in [-0.2, -0.15) is 4.31 Å². The number of thiophene rings is 1. The first-order chi connectivity index (χ1) is 8.45. The predicted octanol–water partition coefficient (Wildman–Crippen LogP) is 2.30. The molecule has 0 saturated heterocycles. The lowest BCUT2D eigenvalue weighted by molar-refractivity contribution is 0.282. The molecule has 1 heterocycles. The van der Waals surface area contributed by atoms with E-state index in [2.05, 4.69) is 6.92 Å². The summed E-state index contributed by atoms with van der Waals surface area (Å²) >= 11 is 1.17. The Balaban J connectivity index is 2.95. The van der Waals surface area contributed by atoms with Crippen LogP contribution in [0.5, 0.6) is 0 Å². The summed E-state index contributed by atoms with van der Waals surface area (Å²) in [5, 5.41) is 10.7. The van der Waals surface area contributed by atoms with Crippen molar-refractivity contribution >= 4 is 21.4 Å². The summed E-state index contributed by atoms with van der Waals surface area (Å²) in [6.07, 6.45) is 0.957. The number of aliphatic hydroxyl groups excluding tert-OH is 1. The summed E-state index contributed by atoms with van der Waals surface area (Å²) in [6, 6.07) is 1.55. The molecule has 0 amide bonds. The number of sulfonamides is 1. The van der Waals surface area contributed by atoms with Crippen molar-refractivity contribution in [3.63, 3.8) is 0 Å². The van der Waals surface area contributed by atoms with Crippen LogP contribution in [0.3, 0.4) is 0 Å². The van der Waals surface area contributed by atoms with Gasteiger partial charge < -0.3 is 5.11 Å². The summed E-state index contributed by atoms with van der Waals surface area (Å²) in [4.78, 5) is 0. The van der Waals surface area contributed by atoms with Crippen LogP contribution in [-0.2, 0) is 16.6 Å². The molecular weight excluding hydrogens is 270 g/mol. The summed E-state index contributed by atoms with van der Waals surface area (Å²) in [6.45, 7) is 6.84. The average molecular weight is 291 g/mol. The van der Waals surface area contributed by atoms with Gasteiger partial charge in [-0.25, -0.2) is 8.42 Å². The minimum Gasteiger partial charge on any atom is -0.392 e. The number of nitrogens with zero attached hydrogens (tertiary/aromatic N) is 1. The van der Waals surface area contributed by atoms with E-state index in [0.717, 1.165) is 6.42 Å². The highest BCUT2D eigenvalue weighted by atomic mass is 32.2. The molecule has 1 rings (SSSR count). The largest absolute Gasteiger partial charge is 0.392 e. The Labute approximate surface area is 113 Å². The van der Waals surface area contributed by atoms with Gasteiger partial charge in [-0.15, -0.1) is 11.3 Å². The number of rotatable bonds is 7. The van der Waals surface area contributed by atoms with Crippen LogP contribution in [-0.4, -0.2) is 30.9 Å². The zero-order valence-electron chi connectivity index (χ0n) is 11.1. The normalized spacial score (nSPS) is 14.1. The van der Waals surface area contributed by atoms with Gasteiger partial charge in [-0.05, 0) is 22.9 Å². The van der Waals surface area contributed by atoms with Gasteiger partial charge >= 0.3 is 0 Å². The van der Waals surface area contributed by atoms with Crippen molar-refractivity contribution in [2.45, 2.75) is 38.0 Å². The van der Waals surface area contributed by atoms with Gasteiger partial charge in [0.1, 0.15) is 4.21 Å². The topological polar surface area (TPSA) is 57.6 Å². The monoisotopic (exact) mass is 291 g/mol. The van der Waals surface area contributed by atoms with Crippen LogP contribution < -0.4 is 0 Å². The van der Waals surface area contributed by atoms with E-state index in [-0.39, 0.29) is 6.61 Å². The zero-order chi connectivity index (χ0) is 13.8. The summed E-state index contributed by atoms with van der Waals surface area (Å²) in [5.74, 6) is 0.344. The van der Waals surface area contributed by atoms with E-state index in [1.165, 1.54) is 15.6 Å². The Hall–Kier alpha value is -0.430. The molecule has 0 radical (unpaired) electrons. The Bertz CT molecular complexity index is 467. The van der Waals surface area contributed by atoms with Gasteiger partial charge in [0.05, 0.1) is 6.61 Å². The van der Waals surface area contributed by atoms with Gasteiger partial charge in [-0.1, -0.05) is 27.2 Å². The number of aliphatic hydroxyl groups is 1. The second-order valence-corrected chi connectivity index (χ2v) is 7.48. The van der Waals surface area contributed by atoms with Crippen LogP contribution in [0.15, 0.2) is 15.7 Å². The maximum Gasteiger partial charge on any atom is 0.252 e. The van der Waals surface area contributed by atoms with Gasteiger partial charge in [-0.3, -0.25) is 0 Å². The van der Waals surface area contributed by atoms with E-state index in [0.29, 0.717) is 28.8 Å². The standard InChI is InChI=1S/C12H21NO3S2/c1-4-10(3)7-13(5-2)18(15,16)12-6-11(8-14)9-17-12/h6,9-10,14H,4-5,7-8H2,1-3H3. The van der Waals surface area contributed by atoms with Crippen LogP contribution in [0.2, 0.25) is 0 Å². The summed E-state index contributed by atoms with van der Waals surface area (Å²) < 4.78 is 26.6. The first kappa shape index (κ1) is 15.6. The van der Waals surface area contributed by atoms with E-state index in [1.54, 1.807) is 11.4 Å². The average Bonchev–Trinajstić information content (AvgIpc) is 2.84. The third kappa shape index (κ3) is 3.54. The molecule has 1 N–H and O–H groups in total. The lowest BCUT2D eigenvalue weighted by Gasteiger charge is -2.22. The predicted molar refractivity (Wildman–Crippen MR) is 74.1 cm³/mol. The third-order valence-corrected chi connectivity index (χ3v) is 6.38. The van der Waals surface area contributed by atoms with Crippen molar-refractivity contribution in [1.82, 2.24) is 4.31 Å². The maximum atomic E-state index is 12.4. The van der Waals surface area contributed by atoms with Crippen molar-refractivity contribution in [3.8, 4) is 0 Å². The molecule has 4 nitrogen and oxygen atoms in total. The SMILES string of the molecule is CCC(C)CN(CC)S(=O)(=O)c1cc(CO)cs1. The second-order valence-electron chi connectivity index (χ2n) is 4.40. The Morgan fingerprint density at radius 2 is 2.11 bits per heavy atom. The highest BCUT2D eigenvalue weighted by Gasteiger charge is 2.25. The molecule has 0 saturated carbocycles. The molecule has 1 aromatic rings. The van der Waals surface area contributed by atoms with Gasteiger partial charge in [0, 0.05) is 13.1 Å². The molecule has 0 aromatic carbocycles. The molecule has 104 valence electrons. The highest BCUT2D eigenvalue weighted by Crippen LogP contribution is 2.24. The van der Waals surface area contributed by atoms with Crippen molar-refractivity contribution in [3.05, 3.63) is 17.0 Å². The first-order valence-corrected chi connectivity index (χ1v) is 8.46. The first-order valence-electron chi connectivity index (χ1n) is 6.14. The van der Waals surface area contributed by atoms with E-state index in [9.17, 15) is 8.42 Å². The van der Waals surface area contributed by atoms with Crippen LogP contribution in [0.1, 0.15) is 32.8 Å². The molecule has 0 aliphatic heterocycles. The van der Waals surface area contributed by atoms with Gasteiger partial charge in [0.15, 0.2) is 0 Å². The zero-order valence-corrected chi connectivity index (χ0v) is 12.7. The van der Waals surface area contributed by atoms with E-state index in [1.807, 2.05) is 13.8 Å². The highest BCUT2D eigenvalue weighted by molar-refractivity contribution is 7.91. The van der Waals surface area contributed by atoms with Crippen molar-refractivity contribution in [2.75, 3.05) is 13.1 Å². The van der Waals surface area contributed by atoms with Gasteiger partial charge in [0.25, 0.3) is 10.0 Å². The van der Waals surface area contributed by atoms with Gasteiger partial charge in [0.2, 0.25) is 0 Å². The fourth-order valence-electron chi connectivity index (χ4n) is 1.57. The molecule has 0 aliphatic rings. The molecule has 0 fully saturated rings. The fourth-order valence-corrected chi connectivity index (χ4v) is 4.49. The fraction of sp³-hybridized carbons (Fsp3) is 0.667. The quantitative estimate of drug-likeness (QED) is 0.838. The summed E-state index contributed by atoms with van der Waals surface area (Å²) in [7, 11) is -3.40. The van der Waals surface area contributed by atoms with Crippen LogP contribution in [0, 0.1) is 5.92 Å². The number of hydrogen-bond acceptors (Lipinski definition) is 4. The smallest absolute Gasteiger partial charge is 0.252 e.